The summed E-state index contributed by atoms with van der Waals surface area (Å²) in [6, 6.07) is 22.1. The molecule has 0 saturated carbocycles. The van der Waals surface area contributed by atoms with Crippen LogP contribution in [0.15, 0.2) is 78.9 Å². The maximum absolute atomic E-state index is 15.8. The van der Waals surface area contributed by atoms with Crippen molar-refractivity contribution in [2.75, 3.05) is 11.4 Å². The molecular weight excluding hydrogens is 508 g/mol. The maximum Gasteiger partial charge on any atom is 0.251 e. The molecule has 0 saturated heterocycles. The number of benzene rings is 4. The summed E-state index contributed by atoms with van der Waals surface area (Å²) in [5.41, 5.74) is 10.9. The zero-order chi connectivity index (χ0) is 28.4. The van der Waals surface area contributed by atoms with Gasteiger partial charge in [-0.05, 0) is 79.3 Å². The average Bonchev–Trinajstić information content (AvgIpc) is 2.95. The first kappa shape index (κ1) is 27.1. The lowest BCUT2D eigenvalue weighted by Gasteiger charge is -2.32. The first-order valence-corrected chi connectivity index (χ1v) is 13.3. The molecule has 2 amide bonds. The molecule has 1 heterocycles. The summed E-state index contributed by atoms with van der Waals surface area (Å²) in [5.74, 6) is -1.53. The molecule has 4 aromatic rings. The number of hydrogen-bond acceptors (Lipinski definition) is 3. The van der Waals surface area contributed by atoms with Gasteiger partial charge in [0, 0.05) is 41.0 Å². The van der Waals surface area contributed by atoms with Gasteiger partial charge in [-0.1, -0.05) is 48.5 Å². The Morgan fingerprint density at radius 3 is 2.52 bits per heavy atom. The minimum Gasteiger partial charge on any atom is -0.367 e. The van der Waals surface area contributed by atoms with E-state index in [1.54, 1.807) is 61.5 Å². The Morgan fingerprint density at radius 1 is 0.975 bits per heavy atom. The van der Waals surface area contributed by atoms with Crippen molar-refractivity contribution in [1.29, 1.82) is 0 Å². The molecule has 1 atom stereocenters. The van der Waals surface area contributed by atoms with Gasteiger partial charge in [0.1, 0.15) is 11.6 Å². The quantitative estimate of drug-likeness (QED) is 0.282. The van der Waals surface area contributed by atoms with Crippen molar-refractivity contribution in [2.45, 2.75) is 39.3 Å². The predicted octanol–water partition coefficient (Wildman–Crippen LogP) is 6.48. The second-order valence-corrected chi connectivity index (χ2v) is 10.3. The second-order valence-electron chi connectivity index (χ2n) is 10.3. The summed E-state index contributed by atoms with van der Waals surface area (Å²) in [4.78, 5) is 27.1. The van der Waals surface area contributed by atoms with Crippen LogP contribution in [-0.2, 0) is 13.0 Å². The number of amides is 2. The number of halogens is 2. The van der Waals surface area contributed by atoms with E-state index < -0.39 is 5.91 Å². The zero-order valence-corrected chi connectivity index (χ0v) is 22.5. The molecule has 0 fully saturated rings. The second kappa shape index (κ2) is 11.3. The number of fused-ring (bicyclic) bond motifs is 1. The Labute approximate surface area is 232 Å². The number of nitrogens with zero attached hydrogens (tertiary/aromatic N) is 1. The van der Waals surface area contributed by atoms with Gasteiger partial charge in [-0.15, -0.1) is 0 Å². The normalized spacial score (nSPS) is 13.4. The van der Waals surface area contributed by atoms with Crippen LogP contribution >= 0.6 is 0 Å². The molecule has 5 nitrogen and oxygen atoms in total. The molecule has 0 unspecified atom stereocenters. The van der Waals surface area contributed by atoms with Gasteiger partial charge in [0.2, 0.25) is 5.91 Å². The first-order valence-electron chi connectivity index (χ1n) is 13.3. The summed E-state index contributed by atoms with van der Waals surface area (Å²) in [6.45, 7) is 4.61. The highest BCUT2D eigenvalue weighted by Gasteiger charge is 2.22. The molecule has 1 aliphatic heterocycles. The van der Waals surface area contributed by atoms with E-state index in [1.807, 2.05) is 25.1 Å². The van der Waals surface area contributed by atoms with Crippen LogP contribution < -0.4 is 16.0 Å². The lowest BCUT2D eigenvalue weighted by Crippen LogP contribution is -2.30. The molecule has 7 heteroatoms. The summed E-state index contributed by atoms with van der Waals surface area (Å²) in [5, 5.41) is 2.96. The standard InChI is InChI=1S/C33H31F2N3O2/c1-20-12-13-22(18-29(20)34)21(2)37-33(40)24-14-15-30-23(17-24)8-6-16-38(30)19-25-7-5-11-27(31(25)35)26-9-3-4-10-28(26)32(36)39/h3-5,7,9-15,17-18,21H,6,8,16,19H2,1-2H3,(H2,36,39)(H,37,40)/t21-/m0/s1. The van der Waals surface area contributed by atoms with E-state index in [1.165, 1.54) is 6.07 Å². The fourth-order valence-corrected chi connectivity index (χ4v) is 5.27. The Kier molecular flexibility index (Phi) is 7.65. The zero-order valence-electron chi connectivity index (χ0n) is 22.5. The van der Waals surface area contributed by atoms with E-state index in [2.05, 4.69) is 10.2 Å². The average molecular weight is 540 g/mol. The van der Waals surface area contributed by atoms with Crippen LogP contribution in [0.3, 0.4) is 0 Å². The van der Waals surface area contributed by atoms with Crippen LogP contribution in [0.1, 0.15) is 62.4 Å². The van der Waals surface area contributed by atoms with Crippen LogP contribution in [0.5, 0.6) is 0 Å². The molecule has 3 N–H and O–H groups in total. The minimum absolute atomic E-state index is 0.236. The molecule has 0 aromatic heterocycles. The molecule has 0 bridgehead atoms. The molecule has 0 radical (unpaired) electrons. The van der Waals surface area contributed by atoms with Gasteiger partial charge in [0.25, 0.3) is 5.91 Å². The van der Waals surface area contributed by atoms with Crippen molar-refractivity contribution >= 4 is 17.5 Å². The van der Waals surface area contributed by atoms with Gasteiger partial charge in [-0.25, -0.2) is 8.78 Å². The van der Waals surface area contributed by atoms with Crippen LogP contribution in [-0.4, -0.2) is 18.4 Å². The fraction of sp³-hybridized carbons (Fsp3) is 0.212. The predicted molar refractivity (Wildman–Crippen MR) is 153 cm³/mol. The number of carbonyl (C=O) groups is 2. The molecule has 204 valence electrons. The number of anilines is 1. The Hall–Kier alpha value is -4.52. The van der Waals surface area contributed by atoms with Crippen molar-refractivity contribution < 1.29 is 18.4 Å². The van der Waals surface area contributed by atoms with Gasteiger partial charge in [0.15, 0.2) is 0 Å². The lowest BCUT2D eigenvalue weighted by molar-refractivity contribution is 0.0938. The third kappa shape index (κ3) is 5.45. The van der Waals surface area contributed by atoms with E-state index in [-0.39, 0.29) is 29.1 Å². The van der Waals surface area contributed by atoms with E-state index in [9.17, 15) is 14.0 Å². The van der Waals surface area contributed by atoms with E-state index in [0.29, 0.717) is 39.9 Å². The first-order chi connectivity index (χ1) is 19.2. The van der Waals surface area contributed by atoms with Gasteiger partial charge >= 0.3 is 0 Å². The van der Waals surface area contributed by atoms with Gasteiger partial charge in [-0.3, -0.25) is 9.59 Å². The van der Waals surface area contributed by atoms with Crippen molar-refractivity contribution in [2.24, 2.45) is 5.73 Å². The SMILES string of the molecule is Cc1ccc([C@H](C)NC(=O)c2ccc3c(c2)CCCN3Cc2cccc(-c3ccccc3C(N)=O)c2F)cc1F. The lowest BCUT2D eigenvalue weighted by atomic mass is 9.95. The van der Waals surface area contributed by atoms with Crippen LogP contribution in [0, 0.1) is 18.6 Å². The fourth-order valence-electron chi connectivity index (χ4n) is 5.27. The van der Waals surface area contributed by atoms with E-state index >= 15 is 4.39 Å². The van der Waals surface area contributed by atoms with Gasteiger partial charge in [-0.2, -0.15) is 0 Å². The minimum atomic E-state index is -0.606. The smallest absolute Gasteiger partial charge is 0.251 e. The number of aryl methyl sites for hydroxylation is 2. The molecule has 40 heavy (non-hydrogen) atoms. The van der Waals surface area contributed by atoms with E-state index in [0.717, 1.165) is 30.6 Å². The van der Waals surface area contributed by atoms with Gasteiger partial charge < -0.3 is 16.0 Å². The number of carbonyl (C=O) groups excluding carboxylic acids is 2. The number of nitrogens with two attached hydrogens (primary N) is 1. The highest BCUT2D eigenvalue weighted by molar-refractivity contribution is 6.00. The highest BCUT2D eigenvalue weighted by Crippen LogP contribution is 2.33. The summed E-state index contributed by atoms with van der Waals surface area (Å²) >= 11 is 0. The highest BCUT2D eigenvalue weighted by atomic mass is 19.1. The topological polar surface area (TPSA) is 75.4 Å². The van der Waals surface area contributed by atoms with Crippen molar-refractivity contribution in [3.63, 3.8) is 0 Å². The largest absolute Gasteiger partial charge is 0.367 e. The van der Waals surface area contributed by atoms with Crippen molar-refractivity contribution in [3.05, 3.63) is 124 Å². The Bertz CT molecular complexity index is 1600. The third-order valence-electron chi connectivity index (χ3n) is 7.52. The van der Waals surface area contributed by atoms with Crippen molar-refractivity contribution in [1.82, 2.24) is 5.32 Å². The molecular formula is C33H31F2N3O2. The summed E-state index contributed by atoms with van der Waals surface area (Å²) < 4.78 is 29.8. The molecule has 5 rings (SSSR count). The number of hydrogen-bond donors (Lipinski definition) is 2. The summed E-state index contributed by atoms with van der Waals surface area (Å²) in [7, 11) is 0. The van der Waals surface area contributed by atoms with Crippen molar-refractivity contribution in [3.8, 4) is 11.1 Å². The molecule has 1 aliphatic rings. The monoisotopic (exact) mass is 539 g/mol. The van der Waals surface area contributed by atoms with E-state index in [4.69, 9.17) is 5.73 Å². The van der Waals surface area contributed by atoms with Crippen LogP contribution in [0.2, 0.25) is 0 Å². The van der Waals surface area contributed by atoms with Crippen LogP contribution in [0.4, 0.5) is 14.5 Å². The van der Waals surface area contributed by atoms with Gasteiger partial charge in [0.05, 0.1) is 6.04 Å². The third-order valence-corrected chi connectivity index (χ3v) is 7.52. The number of primary amides is 1. The maximum atomic E-state index is 15.8. The number of rotatable bonds is 7. The molecule has 0 spiro atoms. The molecule has 4 aromatic carbocycles. The van der Waals surface area contributed by atoms with Crippen LogP contribution in [0.25, 0.3) is 11.1 Å². The molecule has 0 aliphatic carbocycles. The Morgan fingerprint density at radius 2 is 1.75 bits per heavy atom. The Balaban J connectivity index is 1.36. The summed E-state index contributed by atoms with van der Waals surface area (Å²) in [6.07, 6.45) is 1.67. The number of nitrogens with one attached hydrogen (secondary N) is 1.